The Hall–Kier alpha value is -1.99. The Balaban J connectivity index is 2.08. The van der Waals surface area contributed by atoms with Gasteiger partial charge in [0.15, 0.2) is 0 Å². The second-order valence-corrected chi connectivity index (χ2v) is 4.94. The van der Waals surface area contributed by atoms with Gasteiger partial charge in [0, 0.05) is 28.6 Å². The molecule has 1 heterocycles. The van der Waals surface area contributed by atoms with Crippen molar-refractivity contribution in [3.05, 3.63) is 45.6 Å². The second kappa shape index (κ2) is 5.56. The SMILES string of the molecule is COc1ccc(C)c(NCc2cc(C#N)cs2)c1. The van der Waals surface area contributed by atoms with Crippen LogP contribution in [-0.2, 0) is 6.54 Å². The highest BCUT2D eigenvalue weighted by Crippen LogP contribution is 2.23. The maximum absolute atomic E-state index is 8.77. The van der Waals surface area contributed by atoms with Crippen molar-refractivity contribution in [2.24, 2.45) is 0 Å². The van der Waals surface area contributed by atoms with E-state index in [1.165, 1.54) is 5.56 Å². The molecule has 0 saturated carbocycles. The third-order valence-corrected chi connectivity index (χ3v) is 3.62. The first kappa shape index (κ1) is 12.5. The maximum Gasteiger partial charge on any atom is 0.120 e. The predicted molar refractivity (Wildman–Crippen MR) is 74.1 cm³/mol. The van der Waals surface area contributed by atoms with Gasteiger partial charge in [-0.25, -0.2) is 0 Å². The fourth-order valence-electron chi connectivity index (χ4n) is 1.63. The number of aryl methyl sites for hydroxylation is 1. The van der Waals surface area contributed by atoms with E-state index in [9.17, 15) is 0 Å². The normalized spacial score (nSPS) is 9.83. The van der Waals surface area contributed by atoms with Crippen molar-refractivity contribution in [3.63, 3.8) is 0 Å². The second-order valence-electron chi connectivity index (χ2n) is 3.95. The number of hydrogen-bond donors (Lipinski definition) is 1. The predicted octanol–water partition coefficient (Wildman–Crippen LogP) is 3.55. The maximum atomic E-state index is 8.77. The summed E-state index contributed by atoms with van der Waals surface area (Å²) in [7, 11) is 1.66. The molecule has 0 atom stereocenters. The molecule has 0 saturated heterocycles. The summed E-state index contributed by atoms with van der Waals surface area (Å²) in [6.07, 6.45) is 0. The molecule has 3 nitrogen and oxygen atoms in total. The van der Waals surface area contributed by atoms with Crippen molar-refractivity contribution in [2.45, 2.75) is 13.5 Å². The van der Waals surface area contributed by atoms with Crippen LogP contribution in [0.25, 0.3) is 0 Å². The van der Waals surface area contributed by atoms with Crippen molar-refractivity contribution in [1.29, 1.82) is 5.26 Å². The van der Waals surface area contributed by atoms with Crippen LogP contribution in [0.5, 0.6) is 5.75 Å². The van der Waals surface area contributed by atoms with Gasteiger partial charge in [0.2, 0.25) is 0 Å². The number of anilines is 1. The van der Waals surface area contributed by atoms with Crippen LogP contribution in [0.3, 0.4) is 0 Å². The average molecular weight is 258 g/mol. The fourth-order valence-corrected chi connectivity index (χ4v) is 2.38. The van der Waals surface area contributed by atoms with Crippen LogP contribution in [-0.4, -0.2) is 7.11 Å². The van der Waals surface area contributed by atoms with Crippen LogP contribution >= 0.6 is 11.3 Å². The van der Waals surface area contributed by atoms with E-state index in [1.807, 2.05) is 29.6 Å². The smallest absolute Gasteiger partial charge is 0.120 e. The summed E-state index contributed by atoms with van der Waals surface area (Å²) >= 11 is 1.59. The first-order valence-electron chi connectivity index (χ1n) is 5.59. The Morgan fingerprint density at radius 1 is 1.39 bits per heavy atom. The van der Waals surface area contributed by atoms with E-state index in [2.05, 4.69) is 18.3 Å². The number of hydrogen-bond acceptors (Lipinski definition) is 4. The van der Waals surface area contributed by atoms with Crippen molar-refractivity contribution < 1.29 is 4.74 Å². The number of nitrogens with zero attached hydrogens (tertiary/aromatic N) is 1. The van der Waals surface area contributed by atoms with Gasteiger partial charge in [-0.15, -0.1) is 11.3 Å². The highest BCUT2D eigenvalue weighted by Gasteiger charge is 2.02. The molecular formula is C14H14N2OS. The average Bonchev–Trinajstić information content (AvgIpc) is 2.86. The molecule has 0 aliphatic heterocycles. The molecule has 92 valence electrons. The van der Waals surface area contributed by atoms with Gasteiger partial charge in [0.25, 0.3) is 0 Å². The molecule has 0 amide bonds. The molecule has 18 heavy (non-hydrogen) atoms. The van der Waals surface area contributed by atoms with Crippen molar-refractivity contribution >= 4 is 17.0 Å². The minimum Gasteiger partial charge on any atom is -0.497 e. The number of thiophene rings is 1. The number of rotatable bonds is 4. The van der Waals surface area contributed by atoms with Crippen molar-refractivity contribution in [3.8, 4) is 11.8 Å². The van der Waals surface area contributed by atoms with Crippen molar-refractivity contribution in [2.75, 3.05) is 12.4 Å². The molecule has 0 unspecified atom stereocenters. The molecule has 1 aromatic heterocycles. The van der Waals surface area contributed by atoms with E-state index in [4.69, 9.17) is 10.00 Å². The Bertz CT molecular complexity index is 584. The molecule has 2 aromatic rings. The third kappa shape index (κ3) is 2.82. The van der Waals surface area contributed by atoms with Crippen LogP contribution in [0.4, 0.5) is 5.69 Å². The Labute approximate surface area is 111 Å². The van der Waals surface area contributed by atoms with E-state index >= 15 is 0 Å². The first-order chi connectivity index (χ1) is 8.72. The zero-order valence-corrected chi connectivity index (χ0v) is 11.2. The standard InChI is InChI=1S/C14H14N2OS/c1-10-3-4-12(17-2)6-14(10)16-8-13-5-11(7-15)9-18-13/h3-6,9,16H,8H2,1-2H3. The van der Waals surface area contributed by atoms with E-state index in [0.29, 0.717) is 0 Å². The van der Waals surface area contributed by atoms with Gasteiger partial charge < -0.3 is 10.1 Å². The molecule has 1 aromatic carbocycles. The lowest BCUT2D eigenvalue weighted by molar-refractivity contribution is 0.415. The largest absolute Gasteiger partial charge is 0.497 e. The highest BCUT2D eigenvalue weighted by molar-refractivity contribution is 7.10. The molecule has 0 bridgehead atoms. The number of ether oxygens (including phenoxy) is 1. The van der Waals surface area contributed by atoms with E-state index < -0.39 is 0 Å². The lowest BCUT2D eigenvalue weighted by atomic mass is 10.2. The Kier molecular flexibility index (Phi) is 3.85. The lowest BCUT2D eigenvalue weighted by Crippen LogP contribution is -1.99. The van der Waals surface area contributed by atoms with Gasteiger partial charge >= 0.3 is 0 Å². The van der Waals surface area contributed by atoms with Crippen LogP contribution in [0.15, 0.2) is 29.6 Å². The zero-order valence-electron chi connectivity index (χ0n) is 10.4. The number of nitriles is 1. The van der Waals surface area contributed by atoms with Gasteiger partial charge in [-0.05, 0) is 24.6 Å². The summed E-state index contributed by atoms with van der Waals surface area (Å²) in [6, 6.07) is 10.00. The summed E-state index contributed by atoms with van der Waals surface area (Å²) in [5, 5.41) is 14.0. The van der Waals surface area contributed by atoms with Crippen LogP contribution in [0.1, 0.15) is 16.0 Å². The number of benzene rings is 1. The molecule has 0 aliphatic carbocycles. The number of nitrogens with one attached hydrogen (secondary N) is 1. The van der Waals surface area contributed by atoms with Crippen LogP contribution in [0.2, 0.25) is 0 Å². The van der Waals surface area contributed by atoms with Gasteiger partial charge in [0.05, 0.1) is 12.7 Å². The Morgan fingerprint density at radius 3 is 2.89 bits per heavy atom. The molecule has 0 radical (unpaired) electrons. The highest BCUT2D eigenvalue weighted by atomic mass is 32.1. The lowest BCUT2D eigenvalue weighted by Gasteiger charge is -2.10. The molecular weight excluding hydrogens is 244 g/mol. The summed E-state index contributed by atoms with van der Waals surface area (Å²) in [6.45, 7) is 2.78. The van der Waals surface area contributed by atoms with Gasteiger partial charge in [-0.3, -0.25) is 0 Å². The van der Waals surface area contributed by atoms with Crippen LogP contribution in [0, 0.1) is 18.3 Å². The quantitative estimate of drug-likeness (QED) is 0.912. The number of methoxy groups -OCH3 is 1. The van der Waals surface area contributed by atoms with E-state index in [1.54, 1.807) is 18.4 Å². The summed E-state index contributed by atoms with van der Waals surface area (Å²) in [5.74, 6) is 0.840. The molecule has 2 rings (SSSR count). The van der Waals surface area contributed by atoms with Crippen molar-refractivity contribution in [1.82, 2.24) is 0 Å². The topological polar surface area (TPSA) is 45.0 Å². The fraction of sp³-hybridized carbons (Fsp3) is 0.214. The molecule has 0 spiro atoms. The minimum absolute atomic E-state index is 0.721. The summed E-state index contributed by atoms with van der Waals surface area (Å²) in [4.78, 5) is 1.15. The van der Waals surface area contributed by atoms with Crippen LogP contribution < -0.4 is 10.1 Å². The van der Waals surface area contributed by atoms with Gasteiger partial charge in [-0.1, -0.05) is 6.07 Å². The molecule has 0 aliphatic rings. The Morgan fingerprint density at radius 2 is 2.22 bits per heavy atom. The monoisotopic (exact) mass is 258 g/mol. The van der Waals surface area contributed by atoms with Gasteiger partial charge in [-0.2, -0.15) is 5.26 Å². The molecule has 1 N–H and O–H groups in total. The zero-order chi connectivity index (χ0) is 13.0. The molecule has 4 heteroatoms. The van der Waals surface area contributed by atoms with E-state index in [0.717, 1.165) is 28.4 Å². The van der Waals surface area contributed by atoms with Gasteiger partial charge in [0.1, 0.15) is 11.8 Å². The summed E-state index contributed by atoms with van der Waals surface area (Å²) in [5.41, 5.74) is 2.95. The molecule has 0 fully saturated rings. The first-order valence-corrected chi connectivity index (χ1v) is 6.47. The van der Waals surface area contributed by atoms with E-state index in [-0.39, 0.29) is 0 Å². The minimum atomic E-state index is 0.721. The summed E-state index contributed by atoms with van der Waals surface area (Å²) < 4.78 is 5.20. The third-order valence-electron chi connectivity index (χ3n) is 2.68.